The summed E-state index contributed by atoms with van der Waals surface area (Å²) in [7, 11) is 0. The number of nitrogens with one attached hydrogen (secondary N) is 1. The number of anilines is 1. The third kappa shape index (κ3) is 4.22. The molecule has 1 aliphatic rings. The Hall–Kier alpha value is -1.62. The van der Waals surface area contributed by atoms with Crippen LogP contribution in [0.2, 0.25) is 5.02 Å². The van der Waals surface area contributed by atoms with Gasteiger partial charge in [0.1, 0.15) is 5.82 Å². The molecule has 3 rings (SSSR count). The lowest BCUT2D eigenvalue weighted by molar-refractivity contribution is 0.281. The monoisotopic (exact) mass is 331 g/mol. The molecule has 0 spiro atoms. The third-order valence-corrected chi connectivity index (χ3v) is 4.51. The number of halogens is 1. The SMILES string of the molecule is Cc1ccc(CN2CC[C@@H](Nc3ncc(CO)cc3Cl)C2)cc1. The highest BCUT2D eigenvalue weighted by Crippen LogP contribution is 2.23. The maximum absolute atomic E-state index is 9.10. The summed E-state index contributed by atoms with van der Waals surface area (Å²) in [6, 6.07) is 10.8. The van der Waals surface area contributed by atoms with Crippen molar-refractivity contribution in [1.82, 2.24) is 9.88 Å². The Morgan fingerprint density at radius 2 is 2.09 bits per heavy atom. The minimum Gasteiger partial charge on any atom is -0.392 e. The van der Waals surface area contributed by atoms with Crippen LogP contribution in [0.3, 0.4) is 0 Å². The molecule has 122 valence electrons. The zero-order valence-electron chi connectivity index (χ0n) is 13.3. The molecular formula is C18H22ClN3O. The first-order valence-electron chi connectivity index (χ1n) is 7.94. The molecule has 2 heterocycles. The van der Waals surface area contributed by atoms with E-state index in [1.165, 1.54) is 11.1 Å². The first-order chi connectivity index (χ1) is 11.1. The van der Waals surface area contributed by atoms with E-state index < -0.39 is 0 Å². The molecule has 1 aromatic heterocycles. The number of hydrogen-bond donors (Lipinski definition) is 2. The normalized spacial score (nSPS) is 18.3. The van der Waals surface area contributed by atoms with Crippen LogP contribution in [0, 0.1) is 6.92 Å². The third-order valence-electron chi connectivity index (χ3n) is 4.22. The van der Waals surface area contributed by atoms with Gasteiger partial charge in [0, 0.05) is 31.9 Å². The molecule has 0 bridgehead atoms. The van der Waals surface area contributed by atoms with Crippen molar-refractivity contribution in [1.29, 1.82) is 0 Å². The molecule has 1 fully saturated rings. The fraction of sp³-hybridized carbons (Fsp3) is 0.389. The van der Waals surface area contributed by atoms with Crippen molar-refractivity contribution in [2.45, 2.75) is 32.5 Å². The first-order valence-corrected chi connectivity index (χ1v) is 8.31. The number of aliphatic hydroxyl groups excluding tert-OH is 1. The highest BCUT2D eigenvalue weighted by molar-refractivity contribution is 6.32. The van der Waals surface area contributed by atoms with E-state index in [0.29, 0.717) is 16.9 Å². The van der Waals surface area contributed by atoms with E-state index in [4.69, 9.17) is 16.7 Å². The van der Waals surface area contributed by atoms with Crippen LogP contribution in [-0.2, 0) is 13.2 Å². The van der Waals surface area contributed by atoms with Crippen LogP contribution in [0.15, 0.2) is 36.5 Å². The molecule has 2 N–H and O–H groups in total. The number of benzene rings is 1. The van der Waals surface area contributed by atoms with Gasteiger partial charge in [-0.15, -0.1) is 0 Å². The number of nitrogens with zero attached hydrogens (tertiary/aromatic N) is 2. The standard InChI is InChI=1S/C18H22ClN3O/c1-13-2-4-14(5-3-13)10-22-7-6-16(11-22)21-18-17(19)8-15(12-23)9-20-18/h2-5,8-9,16,23H,6-7,10-12H2,1H3,(H,20,21)/t16-/m1/s1. The molecule has 1 aliphatic heterocycles. The molecule has 0 aliphatic carbocycles. The molecule has 1 saturated heterocycles. The summed E-state index contributed by atoms with van der Waals surface area (Å²) in [6.45, 7) is 5.09. The number of aromatic nitrogens is 1. The summed E-state index contributed by atoms with van der Waals surface area (Å²) in [6.07, 6.45) is 2.73. The predicted octanol–water partition coefficient (Wildman–Crippen LogP) is 3.22. The molecule has 1 aromatic carbocycles. The zero-order valence-corrected chi connectivity index (χ0v) is 14.1. The molecule has 1 atom stereocenters. The minimum absolute atomic E-state index is 0.0409. The lowest BCUT2D eigenvalue weighted by atomic mass is 10.1. The number of aliphatic hydroxyl groups is 1. The fourth-order valence-corrected chi connectivity index (χ4v) is 3.15. The number of likely N-dealkylation sites (tertiary alicyclic amines) is 1. The number of rotatable bonds is 5. The second kappa shape index (κ2) is 7.30. The molecular weight excluding hydrogens is 310 g/mol. The Morgan fingerprint density at radius 3 is 2.78 bits per heavy atom. The van der Waals surface area contributed by atoms with Crippen molar-refractivity contribution in [3.63, 3.8) is 0 Å². The molecule has 23 heavy (non-hydrogen) atoms. The van der Waals surface area contributed by atoms with Crippen molar-refractivity contribution in [3.8, 4) is 0 Å². The molecule has 0 amide bonds. The van der Waals surface area contributed by atoms with Crippen molar-refractivity contribution in [3.05, 3.63) is 58.2 Å². The summed E-state index contributed by atoms with van der Waals surface area (Å²) >= 11 is 6.22. The van der Waals surface area contributed by atoms with Crippen molar-refractivity contribution in [2.75, 3.05) is 18.4 Å². The summed E-state index contributed by atoms with van der Waals surface area (Å²) < 4.78 is 0. The van der Waals surface area contributed by atoms with Gasteiger partial charge in [0.25, 0.3) is 0 Å². The predicted molar refractivity (Wildman–Crippen MR) is 93.7 cm³/mol. The highest BCUT2D eigenvalue weighted by atomic mass is 35.5. The summed E-state index contributed by atoms with van der Waals surface area (Å²) in [5, 5.41) is 13.1. The lowest BCUT2D eigenvalue weighted by Crippen LogP contribution is -2.26. The van der Waals surface area contributed by atoms with Gasteiger partial charge in [0.15, 0.2) is 0 Å². The molecule has 0 radical (unpaired) electrons. The first kappa shape index (κ1) is 16.2. The fourth-order valence-electron chi connectivity index (χ4n) is 2.91. The van der Waals surface area contributed by atoms with Gasteiger partial charge in [-0.1, -0.05) is 41.4 Å². The average molecular weight is 332 g/mol. The molecule has 0 saturated carbocycles. The zero-order chi connectivity index (χ0) is 16.2. The van der Waals surface area contributed by atoms with Gasteiger partial charge < -0.3 is 10.4 Å². The smallest absolute Gasteiger partial charge is 0.145 e. The van der Waals surface area contributed by atoms with Crippen LogP contribution in [0.1, 0.15) is 23.1 Å². The van der Waals surface area contributed by atoms with E-state index in [1.807, 2.05) is 0 Å². The molecule has 2 aromatic rings. The van der Waals surface area contributed by atoms with Crippen LogP contribution >= 0.6 is 11.6 Å². The summed E-state index contributed by atoms with van der Waals surface area (Å²) in [5.41, 5.74) is 3.37. The van der Waals surface area contributed by atoms with E-state index in [0.717, 1.165) is 31.6 Å². The van der Waals surface area contributed by atoms with E-state index >= 15 is 0 Å². The van der Waals surface area contributed by atoms with Crippen LogP contribution in [0.4, 0.5) is 5.82 Å². The second-order valence-corrected chi connectivity index (χ2v) is 6.59. The van der Waals surface area contributed by atoms with Gasteiger partial charge in [-0.05, 0) is 30.5 Å². The summed E-state index contributed by atoms with van der Waals surface area (Å²) in [5.74, 6) is 0.700. The maximum atomic E-state index is 9.10. The van der Waals surface area contributed by atoms with Crippen LogP contribution < -0.4 is 5.32 Å². The van der Waals surface area contributed by atoms with Crippen molar-refractivity contribution >= 4 is 17.4 Å². The van der Waals surface area contributed by atoms with Crippen molar-refractivity contribution in [2.24, 2.45) is 0 Å². The Morgan fingerprint density at radius 1 is 1.30 bits per heavy atom. The Bertz CT molecular complexity index is 660. The van der Waals surface area contributed by atoms with E-state index in [1.54, 1.807) is 12.3 Å². The lowest BCUT2D eigenvalue weighted by Gasteiger charge is -2.18. The Kier molecular flexibility index (Phi) is 5.16. The van der Waals surface area contributed by atoms with E-state index in [9.17, 15) is 0 Å². The number of aryl methyl sites for hydroxylation is 1. The van der Waals surface area contributed by atoms with Crippen LogP contribution in [0.5, 0.6) is 0 Å². The van der Waals surface area contributed by atoms with Gasteiger partial charge in [-0.2, -0.15) is 0 Å². The van der Waals surface area contributed by atoms with Crippen molar-refractivity contribution < 1.29 is 5.11 Å². The van der Waals surface area contributed by atoms with E-state index in [2.05, 4.69) is 46.4 Å². The maximum Gasteiger partial charge on any atom is 0.145 e. The van der Waals surface area contributed by atoms with Crippen LogP contribution in [0.25, 0.3) is 0 Å². The average Bonchev–Trinajstić information content (AvgIpc) is 2.99. The Balaban J connectivity index is 1.56. The van der Waals surface area contributed by atoms with E-state index in [-0.39, 0.29) is 6.61 Å². The van der Waals surface area contributed by atoms with Gasteiger partial charge >= 0.3 is 0 Å². The highest BCUT2D eigenvalue weighted by Gasteiger charge is 2.23. The van der Waals surface area contributed by atoms with Gasteiger partial charge in [-0.3, -0.25) is 4.90 Å². The second-order valence-electron chi connectivity index (χ2n) is 6.18. The van der Waals surface area contributed by atoms with Gasteiger partial charge in [-0.25, -0.2) is 4.98 Å². The minimum atomic E-state index is -0.0409. The summed E-state index contributed by atoms with van der Waals surface area (Å²) in [4.78, 5) is 6.75. The topological polar surface area (TPSA) is 48.4 Å². The largest absolute Gasteiger partial charge is 0.392 e. The Labute approximate surface area is 142 Å². The number of hydrogen-bond acceptors (Lipinski definition) is 4. The van der Waals surface area contributed by atoms with Gasteiger partial charge in [0.05, 0.1) is 11.6 Å². The van der Waals surface area contributed by atoms with Crippen LogP contribution in [-0.4, -0.2) is 34.1 Å². The molecule has 0 unspecified atom stereocenters. The quantitative estimate of drug-likeness (QED) is 0.883. The molecule has 5 heteroatoms. The number of pyridine rings is 1. The molecule has 4 nitrogen and oxygen atoms in total. The van der Waals surface area contributed by atoms with Gasteiger partial charge in [0.2, 0.25) is 0 Å².